The fourth-order valence-electron chi connectivity index (χ4n) is 4.68. The molecule has 0 aliphatic heterocycles. The van der Waals surface area contributed by atoms with Gasteiger partial charge >= 0.3 is 5.97 Å². The summed E-state index contributed by atoms with van der Waals surface area (Å²) in [6, 6.07) is 12.8. The normalized spacial score (nSPS) is 18.7. The number of rotatable bonds is 10. The molecule has 3 heteroatoms. The van der Waals surface area contributed by atoms with Crippen molar-refractivity contribution >= 4 is 5.97 Å². The van der Waals surface area contributed by atoms with E-state index in [1.807, 2.05) is 6.07 Å². The van der Waals surface area contributed by atoms with E-state index in [1.54, 1.807) is 30.3 Å². The van der Waals surface area contributed by atoms with E-state index in [4.69, 9.17) is 4.74 Å². The predicted octanol–water partition coefficient (Wildman–Crippen LogP) is 8.30. The summed E-state index contributed by atoms with van der Waals surface area (Å²) in [6.07, 6.45) is 11.9. The van der Waals surface area contributed by atoms with Crippen molar-refractivity contribution in [3.8, 4) is 11.1 Å². The van der Waals surface area contributed by atoms with Crippen molar-refractivity contribution in [2.75, 3.05) is 6.61 Å². The van der Waals surface area contributed by atoms with Crippen LogP contribution in [0.25, 0.3) is 11.1 Å². The van der Waals surface area contributed by atoms with Crippen molar-refractivity contribution in [2.45, 2.75) is 84.0 Å². The van der Waals surface area contributed by atoms with Gasteiger partial charge in [-0.25, -0.2) is 9.18 Å². The van der Waals surface area contributed by atoms with E-state index in [1.165, 1.54) is 44.9 Å². The van der Waals surface area contributed by atoms with Crippen LogP contribution in [0.2, 0.25) is 0 Å². The average molecular weight is 425 g/mol. The maximum absolute atomic E-state index is 14.9. The zero-order valence-electron chi connectivity index (χ0n) is 19.2. The molecule has 0 spiro atoms. The molecule has 0 bridgehead atoms. The molecule has 2 aromatic carbocycles. The largest absolute Gasteiger partial charge is 0.462 e. The Morgan fingerprint density at radius 3 is 2.29 bits per heavy atom. The summed E-state index contributed by atoms with van der Waals surface area (Å²) in [6.45, 7) is 4.82. The van der Waals surface area contributed by atoms with Gasteiger partial charge in [-0.05, 0) is 73.3 Å². The molecule has 0 saturated heterocycles. The van der Waals surface area contributed by atoms with Gasteiger partial charge in [-0.1, -0.05) is 70.2 Å². The quantitative estimate of drug-likeness (QED) is 0.283. The van der Waals surface area contributed by atoms with Gasteiger partial charge in [-0.15, -0.1) is 0 Å². The van der Waals surface area contributed by atoms with Crippen LogP contribution in [0.4, 0.5) is 4.39 Å². The first kappa shape index (κ1) is 23.5. The Labute approximate surface area is 187 Å². The zero-order valence-corrected chi connectivity index (χ0v) is 19.2. The molecular formula is C28H37FO2. The molecule has 0 radical (unpaired) electrons. The molecule has 2 nitrogen and oxygen atoms in total. The van der Waals surface area contributed by atoms with Crippen molar-refractivity contribution in [1.29, 1.82) is 0 Å². The van der Waals surface area contributed by atoms with Crippen molar-refractivity contribution in [3.05, 3.63) is 59.4 Å². The maximum Gasteiger partial charge on any atom is 0.338 e. The molecular weight excluding hydrogens is 387 g/mol. The SMILES string of the molecule is CCCCCOC(=O)c1ccc(-c2ccc([C@H]3CC[C@H](CCCC)CC3)cc2F)cc1. The van der Waals surface area contributed by atoms with Gasteiger partial charge < -0.3 is 4.74 Å². The number of ether oxygens (including phenoxy) is 1. The number of esters is 1. The second-order valence-electron chi connectivity index (χ2n) is 9.02. The van der Waals surface area contributed by atoms with E-state index < -0.39 is 0 Å². The second-order valence-corrected chi connectivity index (χ2v) is 9.02. The third-order valence-corrected chi connectivity index (χ3v) is 6.69. The van der Waals surface area contributed by atoms with Crippen LogP contribution in [0.1, 0.15) is 99.9 Å². The van der Waals surface area contributed by atoms with E-state index in [2.05, 4.69) is 19.9 Å². The van der Waals surface area contributed by atoms with Crippen molar-refractivity contribution in [2.24, 2.45) is 5.92 Å². The summed E-state index contributed by atoms with van der Waals surface area (Å²) in [4.78, 5) is 12.1. The fourth-order valence-corrected chi connectivity index (χ4v) is 4.68. The molecule has 168 valence electrons. The lowest BCUT2D eigenvalue weighted by atomic mass is 9.77. The summed E-state index contributed by atoms with van der Waals surface area (Å²) in [5, 5.41) is 0. The van der Waals surface area contributed by atoms with Crippen molar-refractivity contribution in [1.82, 2.24) is 0 Å². The van der Waals surface area contributed by atoms with Crippen LogP contribution in [0.15, 0.2) is 42.5 Å². The average Bonchev–Trinajstić information content (AvgIpc) is 2.81. The smallest absolute Gasteiger partial charge is 0.338 e. The number of unbranched alkanes of at least 4 members (excludes halogenated alkanes) is 3. The Kier molecular flexibility index (Phi) is 9.12. The first-order valence-corrected chi connectivity index (χ1v) is 12.2. The zero-order chi connectivity index (χ0) is 22.1. The van der Waals surface area contributed by atoms with Gasteiger partial charge in [0, 0.05) is 5.56 Å². The summed E-state index contributed by atoms with van der Waals surface area (Å²) >= 11 is 0. The van der Waals surface area contributed by atoms with Crippen molar-refractivity contribution in [3.63, 3.8) is 0 Å². The molecule has 0 amide bonds. The minimum Gasteiger partial charge on any atom is -0.462 e. The number of hydrogen-bond donors (Lipinski definition) is 0. The van der Waals surface area contributed by atoms with E-state index in [9.17, 15) is 9.18 Å². The predicted molar refractivity (Wildman–Crippen MR) is 126 cm³/mol. The lowest BCUT2D eigenvalue weighted by molar-refractivity contribution is 0.0498. The summed E-state index contributed by atoms with van der Waals surface area (Å²) in [5.74, 6) is 0.844. The molecule has 1 fully saturated rings. The number of carbonyl (C=O) groups is 1. The van der Waals surface area contributed by atoms with Gasteiger partial charge in [-0.3, -0.25) is 0 Å². The van der Waals surface area contributed by atoms with Gasteiger partial charge in [-0.2, -0.15) is 0 Å². The van der Waals surface area contributed by atoms with Gasteiger partial charge in [0.05, 0.1) is 12.2 Å². The molecule has 0 N–H and O–H groups in total. The van der Waals surface area contributed by atoms with Crippen molar-refractivity contribution < 1.29 is 13.9 Å². The van der Waals surface area contributed by atoms with Gasteiger partial charge in [0.1, 0.15) is 5.82 Å². The van der Waals surface area contributed by atoms with E-state index >= 15 is 0 Å². The molecule has 31 heavy (non-hydrogen) atoms. The summed E-state index contributed by atoms with van der Waals surface area (Å²) in [5.41, 5.74) is 3.01. The van der Waals surface area contributed by atoms with Gasteiger partial charge in [0.2, 0.25) is 0 Å². The van der Waals surface area contributed by atoms with Crippen LogP contribution in [0.3, 0.4) is 0 Å². The van der Waals surface area contributed by atoms with Crippen LogP contribution in [-0.2, 0) is 4.74 Å². The molecule has 1 aliphatic carbocycles. The van der Waals surface area contributed by atoms with E-state index in [0.717, 1.165) is 36.3 Å². The lowest BCUT2D eigenvalue weighted by Gasteiger charge is -2.29. The molecule has 1 saturated carbocycles. The first-order valence-electron chi connectivity index (χ1n) is 12.2. The topological polar surface area (TPSA) is 26.3 Å². The highest BCUT2D eigenvalue weighted by Crippen LogP contribution is 2.38. The van der Waals surface area contributed by atoms with Crippen LogP contribution < -0.4 is 0 Å². The lowest BCUT2D eigenvalue weighted by Crippen LogP contribution is -2.13. The molecule has 0 unspecified atom stereocenters. The summed E-state index contributed by atoms with van der Waals surface area (Å²) < 4.78 is 20.2. The molecule has 0 aromatic heterocycles. The Hall–Kier alpha value is -2.16. The highest BCUT2D eigenvalue weighted by Gasteiger charge is 2.23. The minimum atomic E-state index is -0.312. The number of carbonyl (C=O) groups excluding carboxylic acids is 1. The Morgan fingerprint density at radius 2 is 1.65 bits per heavy atom. The van der Waals surface area contributed by atoms with Crippen LogP contribution in [-0.4, -0.2) is 12.6 Å². The third-order valence-electron chi connectivity index (χ3n) is 6.69. The Bertz CT molecular complexity index is 819. The third kappa shape index (κ3) is 6.66. The highest BCUT2D eigenvalue weighted by molar-refractivity contribution is 5.90. The van der Waals surface area contributed by atoms with E-state index in [-0.39, 0.29) is 11.8 Å². The first-order chi connectivity index (χ1) is 15.1. The molecule has 2 aromatic rings. The number of hydrogen-bond acceptors (Lipinski definition) is 2. The highest BCUT2D eigenvalue weighted by atomic mass is 19.1. The molecule has 0 atom stereocenters. The van der Waals surface area contributed by atoms with Gasteiger partial charge in [0.25, 0.3) is 0 Å². The minimum absolute atomic E-state index is 0.180. The molecule has 3 rings (SSSR count). The maximum atomic E-state index is 14.9. The second kappa shape index (κ2) is 12.0. The Morgan fingerprint density at radius 1 is 0.935 bits per heavy atom. The van der Waals surface area contributed by atoms with E-state index in [0.29, 0.717) is 23.7 Å². The van der Waals surface area contributed by atoms with Gasteiger partial charge in [0.15, 0.2) is 0 Å². The number of benzene rings is 2. The molecule has 1 aliphatic rings. The number of halogens is 1. The van der Waals surface area contributed by atoms with Crippen LogP contribution >= 0.6 is 0 Å². The molecule has 0 heterocycles. The van der Waals surface area contributed by atoms with Crippen LogP contribution in [0, 0.1) is 11.7 Å². The Balaban J connectivity index is 1.59. The summed E-state index contributed by atoms with van der Waals surface area (Å²) in [7, 11) is 0. The fraction of sp³-hybridized carbons (Fsp3) is 0.536. The standard InChI is InChI=1S/C28H37FO2/c1-3-5-7-19-31-28(30)24-15-13-23(14-16-24)26-18-17-25(20-27(26)29)22-11-9-21(10-12-22)8-6-4-2/h13-18,20-22H,3-12,19H2,1-2H3/t21-,22-. The van der Waals surface area contributed by atoms with Crippen LogP contribution in [0.5, 0.6) is 0 Å². The monoisotopic (exact) mass is 424 g/mol.